The molecule has 0 bridgehead atoms. The van der Waals surface area contributed by atoms with Crippen LogP contribution in [0.25, 0.3) is 0 Å². The Labute approximate surface area is 97.5 Å². The molecule has 0 atom stereocenters. The second-order valence-corrected chi connectivity index (χ2v) is 4.03. The summed E-state index contributed by atoms with van der Waals surface area (Å²) in [5.74, 6) is -0.495. The Morgan fingerprint density at radius 1 is 1.38 bits per heavy atom. The Balaban J connectivity index is 2.19. The van der Waals surface area contributed by atoms with Crippen LogP contribution in [-0.2, 0) is 4.79 Å². The van der Waals surface area contributed by atoms with Crippen molar-refractivity contribution in [3.05, 3.63) is 22.4 Å². The normalized spacial score (nSPS) is 9.81. The van der Waals surface area contributed by atoms with Gasteiger partial charge in [-0.05, 0) is 17.9 Å². The van der Waals surface area contributed by atoms with Crippen LogP contribution in [0.15, 0.2) is 17.5 Å². The van der Waals surface area contributed by atoms with Gasteiger partial charge in [0.1, 0.15) is 0 Å². The molecule has 1 aromatic rings. The fraction of sp³-hybridized carbons (Fsp3) is 0.400. The molecule has 0 saturated carbocycles. The lowest BCUT2D eigenvalue weighted by Gasteiger charge is -2.04. The molecule has 1 rings (SSSR count). The van der Waals surface area contributed by atoms with Gasteiger partial charge >= 0.3 is 0 Å². The molecule has 1 heterocycles. The second-order valence-electron chi connectivity index (χ2n) is 3.09. The maximum absolute atomic E-state index is 11.4. The molecule has 0 aliphatic carbocycles. The number of aliphatic hydroxyl groups excluding tert-OH is 1. The third-order valence-electron chi connectivity index (χ3n) is 1.81. The van der Waals surface area contributed by atoms with Crippen molar-refractivity contribution in [1.82, 2.24) is 10.6 Å². The maximum Gasteiger partial charge on any atom is 0.261 e. The summed E-state index contributed by atoms with van der Waals surface area (Å²) in [6.07, 6.45) is 0.518. The van der Waals surface area contributed by atoms with Crippen LogP contribution in [0.4, 0.5) is 0 Å². The van der Waals surface area contributed by atoms with E-state index in [1.54, 1.807) is 17.5 Å². The lowest BCUT2D eigenvalue weighted by molar-refractivity contribution is -0.120. The molecule has 0 saturated heterocycles. The first-order chi connectivity index (χ1) is 7.74. The largest absolute Gasteiger partial charge is 0.396 e. The van der Waals surface area contributed by atoms with E-state index in [4.69, 9.17) is 5.11 Å². The SMILES string of the molecule is O=C(CNC(=O)c1cccs1)NCCCO. The van der Waals surface area contributed by atoms with Crippen LogP contribution >= 0.6 is 11.3 Å². The second kappa shape index (κ2) is 6.97. The van der Waals surface area contributed by atoms with E-state index in [0.717, 1.165) is 0 Å². The lowest BCUT2D eigenvalue weighted by Crippen LogP contribution is -2.37. The molecule has 0 aromatic carbocycles. The highest BCUT2D eigenvalue weighted by Crippen LogP contribution is 2.07. The van der Waals surface area contributed by atoms with E-state index in [-0.39, 0.29) is 25.0 Å². The fourth-order valence-corrected chi connectivity index (χ4v) is 1.66. The van der Waals surface area contributed by atoms with Crippen molar-refractivity contribution in [3.8, 4) is 0 Å². The van der Waals surface area contributed by atoms with Crippen molar-refractivity contribution in [3.63, 3.8) is 0 Å². The molecule has 0 unspecified atom stereocenters. The van der Waals surface area contributed by atoms with Gasteiger partial charge in [0.2, 0.25) is 5.91 Å². The van der Waals surface area contributed by atoms with Crippen molar-refractivity contribution in [2.75, 3.05) is 19.7 Å². The first-order valence-corrected chi connectivity index (χ1v) is 5.81. The van der Waals surface area contributed by atoms with Gasteiger partial charge in [0.15, 0.2) is 0 Å². The highest BCUT2D eigenvalue weighted by Gasteiger charge is 2.07. The van der Waals surface area contributed by atoms with Crippen molar-refractivity contribution in [1.29, 1.82) is 0 Å². The Kier molecular flexibility index (Phi) is 5.52. The summed E-state index contributed by atoms with van der Waals surface area (Å²) >= 11 is 1.33. The predicted molar refractivity (Wildman–Crippen MR) is 61.4 cm³/mol. The van der Waals surface area contributed by atoms with Gasteiger partial charge in [-0.25, -0.2) is 0 Å². The lowest BCUT2D eigenvalue weighted by atomic mass is 10.4. The summed E-state index contributed by atoms with van der Waals surface area (Å²) in [7, 11) is 0. The molecular formula is C10H14N2O3S. The van der Waals surface area contributed by atoms with E-state index in [9.17, 15) is 9.59 Å². The molecule has 3 N–H and O–H groups in total. The number of amides is 2. The van der Waals surface area contributed by atoms with Crippen LogP contribution in [0.5, 0.6) is 0 Å². The highest BCUT2D eigenvalue weighted by atomic mass is 32.1. The minimum atomic E-state index is -0.252. The molecular weight excluding hydrogens is 228 g/mol. The van der Waals surface area contributed by atoms with Crippen molar-refractivity contribution >= 4 is 23.2 Å². The number of carbonyl (C=O) groups is 2. The molecule has 0 radical (unpaired) electrons. The van der Waals surface area contributed by atoms with Gasteiger partial charge in [0, 0.05) is 13.2 Å². The number of nitrogens with one attached hydrogen (secondary N) is 2. The van der Waals surface area contributed by atoms with Crippen LogP contribution in [0.1, 0.15) is 16.1 Å². The molecule has 5 nitrogen and oxygen atoms in total. The average molecular weight is 242 g/mol. The Bertz CT molecular complexity index is 338. The van der Waals surface area contributed by atoms with Crippen LogP contribution < -0.4 is 10.6 Å². The van der Waals surface area contributed by atoms with E-state index in [1.807, 2.05) is 0 Å². The zero-order chi connectivity index (χ0) is 11.8. The Morgan fingerprint density at radius 2 is 2.19 bits per heavy atom. The molecule has 0 spiro atoms. The maximum atomic E-state index is 11.4. The van der Waals surface area contributed by atoms with Crippen LogP contribution in [0.3, 0.4) is 0 Å². The third-order valence-corrected chi connectivity index (χ3v) is 2.68. The Hall–Kier alpha value is -1.40. The van der Waals surface area contributed by atoms with E-state index < -0.39 is 0 Å². The summed E-state index contributed by atoms with van der Waals surface area (Å²) < 4.78 is 0. The van der Waals surface area contributed by atoms with E-state index in [1.165, 1.54) is 11.3 Å². The summed E-state index contributed by atoms with van der Waals surface area (Å²) in [4.78, 5) is 23.2. The van der Waals surface area contributed by atoms with Gasteiger partial charge in [-0.2, -0.15) is 0 Å². The van der Waals surface area contributed by atoms with E-state index in [0.29, 0.717) is 17.8 Å². The zero-order valence-corrected chi connectivity index (χ0v) is 9.55. The fourth-order valence-electron chi connectivity index (χ4n) is 1.02. The number of hydrogen-bond acceptors (Lipinski definition) is 4. The first-order valence-electron chi connectivity index (χ1n) is 4.93. The first kappa shape index (κ1) is 12.7. The van der Waals surface area contributed by atoms with Gasteiger partial charge in [0.25, 0.3) is 5.91 Å². The smallest absolute Gasteiger partial charge is 0.261 e. The molecule has 2 amide bonds. The predicted octanol–water partition coefficient (Wildman–Crippen LogP) is -0.0235. The van der Waals surface area contributed by atoms with Crippen molar-refractivity contribution in [2.24, 2.45) is 0 Å². The molecule has 0 aliphatic rings. The molecule has 88 valence electrons. The summed E-state index contributed by atoms with van der Waals surface area (Å²) in [6.45, 7) is 0.425. The van der Waals surface area contributed by atoms with Gasteiger partial charge in [-0.1, -0.05) is 6.07 Å². The molecule has 0 fully saturated rings. The highest BCUT2D eigenvalue weighted by molar-refractivity contribution is 7.12. The monoisotopic (exact) mass is 242 g/mol. The van der Waals surface area contributed by atoms with Crippen LogP contribution in [0.2, 0.25) is 0 Å². The van der Waals surface area contributed by atoms with Crippen molar-refractivity contribution in [2.45, 2.75) is 6.42 Å². The number of thiophene rings is 1. The van der Waals surface area contributed by atoms with Crippen LogP contribution in [-0.4, -0.2) is 36.6 Å². The number of carbonyl (C=O) groups excluding carboxylic acids is 2. The standard InChI is InChI=1S/C10H14N2O3S/c13-5-2-4-11-9(14)7-12-10(15)8-3-1-6-16-8/h1,3,6,13H,2,4-5,7H2,(H,11,14)(H,12,15). The third kappa shape index (κ3) is 4.41. The molecule has 0 aliphatic heterocycles. The topological polar surface area (TPSA) is 78.4 Å². The number of rotatable bonds is 6. The molecule has 1 aromatic heterocycles. The molecule has 16 heavy (non-hydrogen) atoms. The van der Waals surface area contributed by atoms with E-state index >= 15 is 0 Å². The summed E-state index contributed by atoms with van der Waals surface area (Å²) in [5, 5.41) is 15.4. The Morgan fingerprint density at radius 3 is 2.81 bits per heavy atom. The van der Waals surface area contributed by atoms with Gasteiger partial charge < -0.3 is 15.7 Å². The van der Waals surface area contributed by atoms with Gasteiger partial charge in [-0.3, -0.25) is 9.59 Å². The van der Waals surface area contributed by atoms with Crippen molar-refractivity contribution < 1.29 is 14.7 Å². The quantitative estimate of drug-likeness (QED) is 0.613. The minimum absolute atomic E-state index is 0.0395. The van der Waals surface area contributed by atoms with Gasteiger partial charge in [-0.15, -0.1) is 11.3 Å². The minimum Gasteiger partial charge on any atom is -0.396 e. The summed E-state index contributed by atoms with van der Waals surface area (Å²) in [5.41, 5.74) is 0. The molecule has 6 heteroatoms. The van der Waals surface area contributed by atoms with Gasteiger partial charge in [0.05, 0.1) is 11.4 Å². The number of aliphatic hydroxyl groups is 1. The summed E-state index contributed by atoms with van der Waals surface area (Å²) in [6, 6.07) is 3.48. The zero-order valence-electron chi connectivity index (χ0n) is 8.73. The van der Waals surface area contributed by atoms with E-state index in [2.05, 4.69) is 10.6 Å². The average Bonchev–Trinajstić information content (AvgIpc) is 2.79. The van der Waals surface area contributed by atoms with Crippen LogP contribution in [0, 0.1) is 0 Å². The number of hydrogen-bond donors (Lipinski definition) is 3.